The first kappa shape index (κ1) is 16.7. The molecule has 0 aliphatic heterocycles. The monoisotopic (exact) mass is 340 g/mol. The number of benzene rings is 1. The maximum absolute atomic E-state index is 12.2. The predicted octanol–water partition coefficient (Wildman–Crippen LogP) is 2.67. The van der Waals surface area contributed by atoms with Gasteiger partial charge in [0, 0.05) is 19.4 Å². The number of ether oxygens (including phenoxy) is 1. The van der Waals surface area contributed by atoms with Crippen molar-refractivity contribution in [3.05, 3.63) is 54.5 Å². The van der Waals surface area contributed by atoms with Crippen LogP contribution in [0.3, 0.4) is 0 Å². The van der Waals surface area contributed by atoms with Gasteiger partial charge in [0.15, 0.2) is 5.82 Å². The molecule has 0 atom stereocenters. The molecule has 0 spiro atoms. The van der Waals surface area contributed by atoms with Crippen LogP contribution in [-0.4, -0.2) is 39.3 Å². The van der Waals surface area contributed by atoms with Gasteiger partial charge in [0.1, 0.15) is 0 Å². The Bertz CT molecular complexity index is 840. The van der Waals surface area contributed by atoms with E-state index in [1.807, 2.05) is 37.3 Å². The average molecular weight is 340 g/mol. The van der Waals surface area contributed by atoms with E-state index in [1.54, 1.807) is 34.9 Å². The van der Waals surface area contributed by atoms with Gasteiger partial charge in [-0.2, -0.15) is 10.2 Å². The zero-order chi connectivity index (χ0) is 17.6. The van der Waals surface area contributed by atoms with Crippen LogP contribution in [0.4, 0.5) is 16.3 Å². The first-order valence-electron chi connectivity index (χ1n) is 7.88. The van der Waals surface area contributed by atoms with Crippen LogP contribution in [0, 0.1) is 6.92 Å². The van der Waals surface area contributed by atoms with Crippen LogP contribution in [0.15, 0.2) is 48.8 Å². The summed E-state index contributed by atoms with van der Waals surface area (Å²) in [5, 5.41) is 14.1. The molecule has 3 rings (SSSR count). The number of methoxy groups -OCH3 is 1. The minimum atomic E-state index is -0.368. The SMILES string of the molecule is COCCn1ccc(NC(=O)Nc2cnn(-c3ccccc3)c2C)n1. The highest BCUT2D eigenvalue weighted by Gasteiger charge is 2.11. The number of nitrogens with zero attached hydrogens (tertiary/aromatic N) is 4. The minimum Gasteiger partial charge on any atom is -0.383 e. The Morgan fingerprint density at radius 1 is 1.20 bits per heavy atom. The molecule has 2 heterocycles. The maximum Gasteiger partial charge on any atom is 0.324 e. The molecule has 0 fully saturated rings. The second-order valence-corrected chi connectivity index (χ2v) is 5.43. The second-order valence-electron chi connectivity index (χ2n) is 5.43. The highest BCUT2D eigenvalue weighted by molar-refractivity contribution is 5.99. The molecule has 0 saturated carbocycles. The second kappa shape index (κ2) is 7.63. The molecule has 25 heavy (non-hydrogen) atoms. The van der Waals surface area contributed by atoms with E-state index in [1.165, 1.54) is 0 Å². The average Bonchev–Trinajstić information content (AvgIpc) is 3.21. The normalized spacial score (nSPS) is 10.6. The Kier molecular flexibility index (Phi) is 5.10. The van der Waals surface area contributed by atoms with Crippen molar-refractivity contribution in [3.8, 4) is 5.69 Å². The molecule has 2 amide bonds. The van der Waals surface area contributed by atoms with E-state index in [0.717, 1.165) is 11.4 Å². The smallest absolute Gasteiger partial charge is 0.324 e. The summed E-state index contributed by atoms with van der Waals surface area (Å²) in [4.78, 5) is 12.2. The summed E-state index contributed by atoms with van der Waals surface area (Å²) in [7, 11) is 1.63. The molecular weight excluding hydrogens is 320 g/mol. The van der Waals surface area contributed by atoms with Crippen LogP contribution in [0.25, 0.3) is 5.69 Å². The zero-order valence-corrected chi connectivity index (χ0v) is 14.1. The van der Waals surface area contributed by atoms with E-state index in [2.05, 4.69) is 20.8 Å². The summed E-state index contributed by atoms with van der Waals surface area (Å²) in [5.74, 6) is 0.474. The van der Waals surface area contributed by atoms with Crippen LogP contribution >= 0.6 is 0 Å². The van der Waals surface area contributed by atoms with Crippen molar-refractivity contribution in [1.29, 1.82) is 0 Å². The van der Waals surface area contributed by atoms with Crippen LogP contribution in [0.1, 0.15) is 5.69 Å². The highest BCUT2D eigenvalue weighted by Crippen LogP contribution is 2.18. The van der Waals surface area contributed by atoms with Gasteiger partial charge >= 0.3 is 6.03 Å². The van der Waals surface area contributed by atoms with Gasteiger partial charge in [0.25, 0.3) is 0 Å². The quantitative estimate of drug-likeness (QED) is 0.722. The number of carbonyl (C=O) groups is 1. The largest absolute Gasteiger partial charge is 0.383 e. The fourth-order valence-electron chi connectivity index (χ4n) is 2.37. The molecule has 8 nitrogen and oxygen atoms in total. The van der Waals surface area contributed by atoms with E-state index >= 15 is 0 Å². The van der Waals surface area contributed by atoms with Gasteiger partial charge in [0.05, 0.1) is 36.4 Å². The highest BCUT2D eigenvalue weighted by atomic mass is 16.5. The number of hydrogen-bond acceptors (Lipinski definition) is 4. The third-order valence-corrected chi connectivity index (χ3v) is 3.67. The van der Waals surface area contributed by atoms with E-state index in [-0.39, 0.29) is 6.03 Å². The van der Waals surface area contributed by atoms with Gasteiger partial charge < -0.3 is 10.1 Å². The number of para-hydroxylation sites is 1. The van der Waals surface area contributed by atoms with Crippen molar-refractivity contribution in [2.24, 2.45) is 0 Å². The summed E-state index contributed by atoms with van der Waals surface area (Å²) < 4.78 is 8.48. The number of hydrogen-bond donors (Lipinski definition) is 2. The Hall–Kier alpha value is -3.13. The van der Waals surface area contributed by atoms with Gasteiger partial charge in [-0.05, 0) is 19.1 Å². The first-order chi connectivity index (χ1) is 12.2. The van der Waals surface area contributed by atoms with Crippen molar-refractivity contribution < 1.29 is 9.53 Å². The predicted molar refractivity (Wildman–Crippen MR) is 95.0 cm³/mol. The topological polar surface area (TPSA) is 86.0 Å². The number of rotatable bonds is 6. The van der Waals surface area contributed by atoms with Crippen LogP contribution < -0.4 is 10.6 Å². The summed E-state index contributed by atoms with van der Waals surface area (Å²) in [6.45, 7) is 3.09. The third-order valence-electron chi connectivity index (χ3n) is 3.67. The van der Waals surface area contributed by atoms with Crippen LogP contribution in [0.2, 0.25) is 0 Å². The van der Waals surface area contributed by atoms with E-state index in [0.29, 0.717) is 24.7 Å². The number of carbonyl (C=O) groups excluding carboxylic acids is 1. The molecule has 2 N–H and O–H groups in total. The zero-order valence-electron chi connectivity index (χ0n) is 14.1. The molecule has 8 heteroatoms. The van der Waals surface area contributed by atoms with Gasteiger partial charge in [0.2, 0.25) is 0 Å². The fourth-order valence-corrected chi connectivity index (χ4v) is 2.37. The Morgan fingerprint density at radius 2 is 2.00 bits per heavy atom. The summed E-state index contributed by atoms with van der Waals surface area (Å²) in [6, 6.07) is 11.1. The number of amides is 2. The fraction of sp³-hybridized carbons (Fsp3) is 0.235. The van der Waals surface area contributed by atoms with Crippen LogP contribution in [-0.2, 0) is 11.3 Å². The summed E-state index contributed by atoms with van der Waals surface area (Å²) in [6.07, 6.45) is 3.41. The lowest BCUT2D eigenvalue weighted by molar-refractivity contribution is 0.183. The standard InChI is InChI=1S/C17H20N6O2/c1-13-15(12-18-23(13)14-6-4-3-5-7-14)19-17(24)20-16-8-9-22(21-16)10-11-25-2/h3-9,12H,10-11H2,1-2H3,(H2,19,20,21,24). The van der Waals surface area contributed by atoms with Crippen molar-refractivity contribution in [2.45, 2.75) is 13.5 Å². The Labute approximate surface area is 145 Å². The minimum absolute atomic E-state index is 0.368. The first-order valence-corrected chi connectivity index (χ1v) is 7.88. The molecule has 3 aromatic rings. The lowest BCUT2D eigenvalue weighted by Gasteiger charge is -2.07. The van der Waals surface area contributed by atoms with Crippen molar-refractivity contribution in [1.82, 2.24) is 19.6 Å². The molecule has 0 aliphatic rings. The van der Waals surface area contributed by atoms with Crippen molar-refractivity contribution in [3.63, 3.8) is 0 Å². The Morgan fingerprint density at radius 3 is 2.76 bits per heavy atom. The lowest BCUT2D eigenvalue weighted by atomic mass is 10.3. The van der Waals surface area contributed by atoms with E-state index < -0.39 is 0 Å². The molecule has 0 radical (unpaired) electrons. The molecule has 0 unspecified atom stereocenters. The van der Waals surface area contributed by atoms with E-state index in [4.69, 9.17) is 4.74 Å². The number of aromatic nitrogens is 4. The van der Waals surface area contributed by atoms with E-state index in [9.17, 15) is 4.79 Å². The van der Waals surface area contributed by atoms with Gasteiger partial charge in [-0.3, -0.25) is 10.00 Å². The lowest BCUT2D eigenvalue weighted by Crippen LogP contribution is -2.20. The maximum atomic E-state index is 12.2. The number of nitrogens with one attached hydrogen (secondary N) is 2. The number of anilines is 2. The van der Waals surface area contributed by atoms with Crippen molar-refractivity contribution in [2.75, 3.05) is 24.4 Å². The molecular formula is C17H20N6O2. The number of urea groups is 1. The molecule has 0 saturated heterocycles. The van der Waals surface area contributed by atoms with Gasteiger partial charge in [-0.15, -0.1) is 0 Å². The molecule has 0 aliphatic carbocycles. The molecule has 1 aromatic carbocycles. The molecule has 2 aromatic heterocycles. The third kappa shape index (κ3) is 4.04. The molecule has 130 valence electrons. The Balaban J connectivity index is 1.64. The van der Waals surface area contributed by atoms with Crippen LogP contribution in [0.5, 0.6) is 0 Å². The van der Waals surface area contributed by atoms with Gasteiger partial charge in [-0.25, -0.2) is 9.48 Å². The summed E-state index contributed by atoms with van der Waals surface area (Å²) >= 11 is 0. The van der Waals surface area contributed by atoms with Gasteiger partial charge in [-0.1, -0.05) is 18.2 Å². The summed E-state index contributed by atoms with van der Waals surface area (Å²) in [5.41, 5.74) is 2.41. The molecule has 0 bridgehead atoms. The van der Waals surface area contributed by atoms with Crippen molar-refractivity contribution >= 4 is 17.5 Å².